The summed E-state index contributed by atoms with van der Waals surface area (Å²) in [6, 6.07) is 6.43. The molecule has 1 rings (SSSR count). The van der Waals surface area contributed by atoms with Crippen LogP contribution in [0.25, 0.3) is 0 Å². The molecule has 16 heavy (non-hydrogen) atoms. The van der Waals surface area contributed by atoms with Crippen LogP contribution < -0.4 is 10.5 Å². The molecule has 0 saturated heterocycles. The van der Waals surface area contributed by atoms with Crippen LogP contribution in [0, 0.1) is 0 Å². The Morgan fingerprint density at radius 2 is 1.94 bits per heavy atom. The first-order valence-corrected chi connectivity index (χ1v) is 7.66. The molecule has 1 atom stereocenters. The van der Waals surface area contributed by atoms with E-state index in [4.69, 9.17) is 5.14 Å². The van der Waals surface area contributed by atoms with Crippen LogP contribution in [0.4, 0.5) is 5.69 Å². The fourth-order valence-electron chi connectivity index (χ4n) is 1.11. The normalized spacial score (nSPS) is 13.4. The Bertz CT molecular complexity index is 429. The second-order valence-corrected chi connectivity index (χ2v) is 6.33. The van der Waals surface area contributed by atoms with E-state index in [1.54, 1.807) is 23.9 Å². The van der Waals surface area contributed by atoms with Gasteiger partial charge in [0.05, 0.1) is 4.90 Å². The molecule has 0 aliphatic rings. The maximum atomic E-state index is 11.0. The minimum atomic E-state index is -3.59. The highest BCUT2D eigenvalue weighted by Gasteiger charge is 2.06. The summed E-state index contributed by atoms with van der Waals surface area (Å²) >= 11 is 1.77. The van der Waals surface area contributed by atoms with Crippen molar-refractivity contribution in [3.63, 3.8) is 0 Å². The Morgan fingerprint density at radius 1 is 1.38 bits per heavy atom. The molecule has 0 spiro atoms. The van der Waals surface area contributed by atoms with Crippen molar-refractivity contribution in [3.05, 3.63) is 24.3 Å². The third-order valence-corrected chi connectivity index (χ3v) is 4.08. The third kappa shape index (κ3) is 4.03. The van der Waals surface area contributed by atoms with Gasteiger partial charge in [0.2, 0.25) is 10.0 Å². The molecule has 0 bridgehead atoms. The minimum absolute atomic E-state index is 0.135. The van der Waals surface area contributed by atoms with Crippen LogP contribution in [0.3, 0.4) is 0 Å². The van der Waals surface area contributed by atoms with E-state index in [2.05, 4.69) is 18.5 Å². The summed E-state index contributed by atoms with van der Waals surface area (Å²) in [6.45, 7) is 2.96. The predicted octanol–water partition coefficient (Wildman–Crippen LogP) is 1.50. The lowest BCUT2D eigenvalue weighted by molar-refractivity contribution is 0.598. The summed E-state index contributed by atoms with van der Waals surface area (Å²) in [7, 11) is -3.59. The van der Waals surface area contributed by atoms with Crippen molar-refractivity contribution >= 4 is 27.5 Å². The predicted molar refractivity (Wildman–Crippen MR) is 69.3 cm³/mol. The largest absolute Gasteiger partial charge is 0.384 e. The zero-order valence-corrected chi connectivity index (χ0v) is 10.9. The lowest BCUT2D eigenvalue weighted by atomic mass is 10.3. The fourth-order valence-corrected chi connectivity index (χ4v) is 1.87. The zero-order valence-electron chi connectivity index (χ0n) is 9.30. The first-order chi connectivity index (χ1) is 7.43. The molecule has 1 unspecified atom stereocenters. The molecule has 3 N–H and O–H groups in total. The molecule has 6 heteroatoms. The van der Waals surface area contributed by atoms with Crippen LogP contribution in [-0.4, -0.2) is 26.5 Å². The van der Waals surface area contributed by atoms with Gasteiger partial charge in [0.15, 0.2) is 0 Å². The average molecular weight is 260 g/mol. The molecule has 0 aliphatic heterocycles. The van der Waals surface area contributed by atoms with E-state index in [9.17, 15) is 8.42 Å². The molecule has 0 aliphatic carbocycles. The van der Waals surface area contributed by atoms with Crippen molar-refractivity contribution < 1.29 is 8.42 Å². The van der Waals surface area contributed by atoms with E-state index < -0.39 is 10.0 Å². The highest BCUT2D eigenvalue weighted by molar-refractivity contribution is 7.99. The Hall–Kier alpha value is -0.720. The van der Waals surface area contributed by atoms with Crippen molar-refractivity contribution in [1.29, 1.82) is 0 Å². The van der Waals surface area contributed by atoms with Gasteiger partial charge in [-0.2, -0.15) is 11.8 Å². The molecule has 0 radical (unpaired) electrons. The average Bonchev–Trinajstić information content (AvgIpc) is 2.25. The number of benzene rings is 1. The Kier molecular flexibility index (Phi) is 4.64. The number of nitrogens with one attached hydrogen (secondary N) is 1. The second-order valence-electron chi connectivity index (χ2n) is 3.50. The van der Waals surface area contributed by atoms with Gasteiger partial charge < -0.3 is 5.32 Å². The van der Waals surface area contributed by atoms with E-state index in [0.29, 0.717) is 5.25 Å². The molecule has 4 nitrogen and oxygen atoms in total. The summed E-state index contributed by atoms with van der Waals surface area (Å²) in [5.74, 6) is 0. The highest BCUT2D eigenvalue weighted by Crippen LogP contribution is 2.13. The first-order valence-electron chi connectivity index (χ1n) is 4.83. The zero-order chi connectivity index (χ0) is 12.2. The first kappa shape index (κ1) is 13.3. The van der Waals surface area contributed by atoms with Gasteiger partial charge in [0.1, 0.15) is 0 Å². The van der Waals surface area contributed by atoms with Crippen LogP contribution in [0.15, 0.2) is 29.2 Å². The smallest absolute Gasteiger partial charge is 0.238 e. The Balaban J connectivity index is 2.66. The molecule has 0 amide bonds. The molecule has 0 aromatic heterocycles. The van der Waals surface area contributed by atoms with Crippen molar-refractivity contribution in [2.45, 2.75) is 17.1 Å². The number of primary sulfonamides is 1. The van der Waals surface area contributed by atoms with E-state index in [0.717, 1.165) is 12.2 Å². The lowest BCUT2D eigenvalue weighted by Crippen LogP contribution is -2.14. The fraction of sp³-hybridized carbons (Fsp3) is 0.400. The van der Waals surface area contributed by atoms with Crippen molar-refractivity contribution in [3.8, 4) is 0 Å². The molecule has 1 aromatic carbocycles. The van der Waals surface area contributed by atoms with E-state index >= 15 is 0 Å². The summed E-state index contributed by atoms with van der Waals surface area (Å²) in [5, 5.41) is 8.73. The number of nitrogens with two attached hydrogens (primary N) is 1. The molecular weight excluding hydrogens is 244 g/mol. The lowest BCUT2D eigenvalue weighted by Gasteiger charge is -2.11. The second kappa shape index (κ2) is 5.56. The number of anilines is 1. The molecular formula is C10H16N2O2S2. The van der Waals surface area contributed by atoms with Crippen molar-refractivity contribution in [2.24, 2.45) is 5.14 Å². The van der Waals surface area contributed by atoms with Crippen LogP contribution in [-0.2, 0) is 10.0 Å². The summed E-state index contributed by atoms with van der Waals surface area (Å²) < 4.78 is 22.0. The SMILES string of the molecule is CSC(C)CNc1ccc(S(N)(=O)=O)cc1. The highest BCUT2D eigenvalue weighted by atomic mass is 32.2. The van der Waals surface area contributed by atoms with Gasteiger partial charge >= 0.3 is 0 Å². The quantitative estimate of drug-likeness (QED) is 0.841. The van der Waals surface area contributed by atoms with Gasteiger partial charge in [-0.1, -0.05) is 6.92 Å². The third-order valence-electron chi connectivity index (χ3n) is 2.18. The van der Waals surface area contributed by atoms with E-state index in [-0.39, 0.29) is 4.90 Å². The number of sulfonamides is 1. The van der Waals surface area contributed by atoms with Crippen LogP contribution >= 0.6 is 11.8 Å². The molecule has 1 aromatic rings. The summed E-state index contributed by atoms with van der Waals surface area (Å²) in [5.41, 5.74) is 0.897. The van der Waals surface area contributed by atoms with Gasteiger partial charge in [-0.15, -0.1) is 0 Å². The monoisotopic (exact) mass is 260 g/mol. The van der Waals surface area contributed by atoms with Gasteiger partial charge in [-0.3, -0.25) is 0 Å². The number of rotatable bonds is 5. The van der Waals surface area contributed by atoms with Crippen molar-refractivity contribution in [1.82, 2.24) is 0 Å². The minimum Gasteiger partial charge on any atom is -0.384 e. The summed E-state index contributed by atoms with van der Waals surface area (Å²) in [6.07, 6.45) is 2.05. The molecule has 90 valence electrons. The molecule has 0 fully saturated rings. The topological polar surface area (TPSA) is 72.2 Å². The maximum absolute atomic E-state index is 11.0. The van der Waals surface area contributed by atoms with Crippen LogP contribution in [0.5, 0.6) is 0 Å². The van der Waals surface area contributed by atoms with E-state index in [1.807, 2.05) is 0 Å². The van der Waals surface area contributed by atoms with Crippen LogP contribution in [0.2, 0.25) is 0 Å². The maximum Gasteiger partial charge on any atom is 0.238 e. The van der Waals surface area contributed by atoms with Gasteiger partial charge in [-0.05, 0) is 30.5 Å². The Morgan fingerprint density at radius 3 is 2.38 bits per heavy atom. The van der Waals surface area contributed by atoms with E-state index in [1.165, 1.54) is 12.1 Å². The van der Waals surface area contributed by atoms with Crippen LogP contribution in [0.1, 0.15) is 6.92 Å². The number of hydrogen-bond donors (Lipinski definition) is 2. The van der Waals surface area contributed by atoms with Gasteiger partial charge in [0, 0.05) is 17.5 Å². The molecule has 0 heterocycles. The number of hydrogen-bond acceptors (Lipinski definition) is 4. The Labute approximate surface area is 101 Å². The van der Waals surface area contributed by atoms with Gasteiger partial charge in [0.25, 0.3) is 0 Å². The summed E-state index contributed by atoms with van der Waals surface area (Å²) in [4.78, 5) is 0.135. The van der Waals surface area contributed by atoms with Gasteiger partial charge in [-0.25, -0.2) is 13.6 Å². The molecule has 0 saturated carbocycles. The van der Waals surface area contributed by atoms with Crippen molar-refractivity contribution in [2.75, 3.05) is 18.1 Å². The standard InChI is InChI=1S/C10H16N2O2S2/c1-8(15-2)7-12-9-3-5-10(6-4-9)16(11,13)14/h3-6,8,12H,7H2,1-2H3,(H2,11,13,14). The number of thioether (sulfide) groups is 1.